The van der Waals surface area contributed by atoms with Crippen molar-refractivity contribution >= 4 is 11.9 Å². The molecule has 6 nitrogen and oxygen atoms in total. The first-order chi connectivity index (χ1) is 12.6. The molecule has 1 amide bonds. The van der Waals surface area contributed by atoms with Gasteiger partial charge in [-0.1, -0.05) is 30.3 Å². The van der Waals surface area contributed by atoms with Gasteiger partial charge in [0, 0.05) is 12.2 Å². The van der Waals surface area contributed by atoms with Crippen LogP contribution in [0.25, 0.3) is 0 Å². The van der Waals surface area contributed by atoms with Crippen molar-refractivity contribution in [3.05, 3.63) is 65.7 Å². The molecule has 1 heterocycles. The zero-order chi connectivity index (χ0) is 18.4. The predicted molar refractivity (Wildman–Crippen MR) is 94.7 cm³/mol. The smallest absolute Gasteiger partial charge is 0.339 e. The van der Waals surface area contributed by atoms with Gasteiger partial charge in [-0.2, -0.15) is 0 Å². The van der Waals surface area contributed by atoms with E-state index in [1.54, 1.807) is 54.6 Å². The largest absolute Gasteiger partial charge is 0.491 e. The molecule has 2 aromatic carbocycles. The second-order valence-corrected chi connectivity index (χ2v) is 6.07. The SMILES string of the molecule is NC(=O)[C@H](OC(=O)c1ccc(OC[C@H]2CCCO2)cc1)c1ccccc1. The molecule has 0 aromatic heterocycles. The molecule has 0 radical (unpaired) electrons. The van der Waals surface area contributed by atoms with Crippen molar-refractivity contribution in [3.63, 3.8) is 0 Å². The maximum atomic E-state index is 12.3. The van der Waals surface area contributed by atoms with E-state index >= 15 is 0 Å². The van der Waals surface area contributed by atoms with E-state index in [1.807, 2.05) is 0 Å². The van der Waals surface area contributed by atoms with E-state index in [0.29, 0.717) is 23.5 Å². The van der Waals surface area contributed by atoms with Crippen molar-refractivity contribution < 1.29 is 23.8 Å². The lowest BCUT2D eigenvalue weighted by Gasteiger charge is -2.15. The second kappa shape index (κ2) is 8.49. The third-order valence-electron chi connectivity index (χ3n) is 4.14. The molecule has 1 fully saturated rings. The minimum atomic E-state index is -1.13. The van der Waals surface area contributed by atoms with E-state index in [-0.39, 0.29) is 6.10 Å². The highest BCUT2D eigenvalue weighted by atomic mass is 16.5. The number of benzene rings is 2. The fourth-order valence-corrected chi connectivity index (χ4v) is 2.75. The molecule has 136 valence electrons. The van der Waals surface area contributed by atoms with E-state index in [4.69, 9.17) is 19.9 Å². The maximum absolute atomic E-state index is 12.3. The van der Waals surface area contributed by atoms with Crippen LogP contribution in [0.5, 0.6) is 5.75 Å². The van der Waals surface area contributed by atoms with Gasteiger partial charge in [0.2, 0.25) is 6.10 Å². The molecular weight excluding hydrogens is 334 g/mol. The topological polar surface area (TPSA) is 87.9 Å². The maximum Gasteiger partial charge on any atom is 0.339 e. The van der Waals surface area contributed by atoms with Gasteiger partial charge in [0.15, 0.2) is 0 Å². The first kappa shape index (κ1) is 17.9. The van der Waals surface area contributed by atoms with Crippen molar-refractivity contribution in [2.24, 2.45) is 5.73 Å². The first-order valence-corrected chi connectivity index (χ1v) is 8.53. The van der Waals surface area contributed by atoms with E-state index in [0.717, 1.165) is 19.4 Å². The number of hydrogen-bond donors (Lipinski definition) is 1. The van der Waals surface area contributed by atoms with Gasteiger partial charge in [-0.25, -0.2) is 4.79 Å². The molecule has 6 heteroatoms. The Balaban J connectivity index is 1.60. The summed E-state index contributed by atoms with van der Waals surface area (Å²) in [4.78, 5) is 24.0. The molecule has 2 N–H and O–H groups in total. The van der Waals surface area contributed by atoms with E-state index in [2.05, 4.69) is 0 Å². The Labute approximate surface area is 151 Å². The Morgan fingerprint density at radius 2 is 1.85 bits per heavy atom. The van der Waals surface area contributed by atoms with Gasteiger partial charge in [0.1, 0.15) is 12.4 Å². The van der Waals surface area contributed by atoms with Crippen LogP contribution in [0.2, 0.25) is 0 Å². The zero-order valence-corrected chi connectivity index (χ0v) is 14.3. The molecule has 3 rings (SSSR count). The molecule has 26 heavy (non-hydrogen) atoms. The lowest BCUT2D eigenvalue weighted by Crippen LogP contribution is -2.26. The number of ether oxygens (including phenoxy) is 3. The molecule has 1 saturated heterocycles. The van der Waals surface area contributed by atoms with E-state index in [9.17, 15) is 9.59 Å². The van der Waals surface area contributed by atoms with Gasteiger partial charge in [-0.05, 0) is 37.1 Å². The second-order valence-electron chi connectivity index (χ2n) is 6.07. The summed E-state index contributed by atoms with van der Waals surface area (Å²) in [6.45, 7) is 1.27. The Morgan fingerprint density at radius 3 is 2.46 bits per heavy atom. The zero-order valence-electron chi connectivity index (χ0n) is 14.3. The minimum Gasteiger partial charge on any atom is -0.491 e. The number of hydrogen-bond acceptors (Lipinski definition) is 5. The van der Waals surface area contributed by atoms with Crippen LogP contribution in [0, 0.1) is 0 Å². The summed E-state index contributed by atoms with van der Waals surface area (Å²) in [7, 11) is 0. The average molecular weight is 355 g/mol. The summed E-state index contributed by atoms with van der Waals surface area (Å²) in [5.74, 6) is -0.698. The van der Waals surface area contributed by atoms with Crippen molar-refractivity contribution in [1.29, 1.82) is 0 Å². The number of carbonyl (C=O) groups excluding carboxylic acids is 2. The van der Waals surface area contributed by atoms with Gasteiger partial charge < -0.3 is 19.9 Å². The van der Waals surface area contributed by atoms with Crippen molar-refractivity contribution in [2.45, 2.75) is 25.0 Å². The highest BCUT2D eigenvalue weighted by molar-refractivity contribution is 5.92. The van der Waals surface area contributed by atoms with Crippen LogP contribution < -0.4 is 10.5 Å². The minimum absolute atomic E-state index is 0.127. The Morgan fingerprint density at radius 1 is 1.12 bits per heavy atom. The van der Waals surface area contributed by atoms with Gasteiger partial charge >= 0.3 is 5.97 Å². The number of primary amides is 1. The molecule has 1 aliphatic rings. The summed E-state index contributed by atoms with van der Waals surface area (Å²) < 4.78 is 16.5. The predicted octanol–water partition coefficient (Wildman–Crippen LogP) is 2.63. The third-order valence-corrected chi connectivity index (χ3v) is 4.14. The quantitative estimate of drug-likeness (QED) is 0.772. The number of nitrogens with two attached hydrogens (primary N) is 1. The fourth-order valence-electron chi connectivity index (χ4n) is 2.75. The fraction of sp³-hybridized carbons (Fsp3) is 0.300. The molecule has 0 saturated carbocycles. The van der Waals surface area contributed by atoms with Gasteiger partial charge in [-0.3, -0.25) is 4.79 Å². The molecule has 0 spiro atoms. The van der Waals surface area contributed by atoms with Gasteiger partial charge in [-0.15, -0.1) is 0 Å². The average Bonchev–Trinajstić information content (AvgIpc) is 3.19. The highest BCUT2D eigenvalue weighted by Crippen LogP contribution is 2.21. The number of esters is 1. The molecule has 0 unspecified atom stereocenters. The van der Waals surface area contributed by atoms with E-state index < -0.39 is 18.0 Å². The number of carbonyl (C=O) groups is 2. The Hall–Kier alpha value is -2.86. The molecule has 0 aliphatic carbocycles. The Bertz CT molecular complexity index is 739. The van der Waals surface area contributed by atoms with Crippen LogP contribution >= 0.6 is 0 Å². The molecule has 0 bridgehead atoms. The standard InChI is InChI=1S/C20H21NO5/c21-19(22)18(14-5-2-1-3-6-14)26-20(23)15-8-10-16(11-9-15)25-13-17-7-4-12-24-17/h1-3,5-6,8-11,17-18H,4,7,12-13H2,(H2,21,22)/t17-,18-/m1/s1. The van der Waals surface area contributed by atoms with Crippen LogP contribution in [0.3, 0.4) is 0 Å². The molecule has 2 aromatic rings. The molecule has 1 aliphatic heterocycles. The summed E-state index contributed by atoms with van der Waals surface area (Å²) in [5.41, 5.74) is 6.22. The summed E-state index contributed by atoms with van der Waals surface area (Å²) in [5, 5.41) is 0. The number of rotatable bonds is 7. The first-order valence-electron chi connectivity index (χ1n) is 8.53. The van der Waals surface area contributed by atoms with Gasteiger partial charge in [0.25, 0.3) is 5.91 Å². The Kier molecular flexibility index (Phi) is 5.86. The van der Waals surface area contributed by atoms with Crippen LogP contribution in [-0.4, -0.2) is 31.2 Å². The highest BCUT2D eigenvalue weighted by Gasteiger charge is 2.23. The lowest BCUT2D eigenvalue weighted by atomic mass is 10.1. The lowest BCUT2D eigenvalue weighted by molar-refractivity contribution is -0.127. The molecular formula is C20H21NO5. The summed E-state index contributed by atoms with van der Waals surface area (Å²) >= 11 is 0. The number of amides is 1. The normalized spacial score (nSPS) is 17.5. The van der Waals surface area contributed by atoms with Gasteiger partial charge in [0.05, 0.1) is 11.7 Å². The van der Waals surface area contributed by atoms with Crippen molar-refractivity contribution in [3.8, 4) is 5.75 Å². The summed E-state index contributed by atoms with van der Waals surface area (Å²) in [6, 6.07) is 15.2. The van der Waals surface area contributed by atoms with E-state index in [1.165, 1.54) is 0 Å². The van der Waals surface area contributed by atoms with Crippen molar-refractivity contribution in [2.75, 3.05) is 13.2 Å². The van der Waals surface area contributed by atoms with Crippen LogP contribution in [0.1, 0.15) is 34.9 Å². The third kappa shape index (κ3) is 4.61. The van der Waals surface area contributed by atoms with Crippen LogP contribution in [0.15, 0.2) is 54.6 Å². The van der Waals surface area contributed by atoms with Crippen LogP contribution in [-0.2, 0) is 14.3 Å². The molecule has 2 atom stereocenters. The summed E-state index contributed by atoms with van der Waals surface area (Å²) in [6.07, 6.45) is 1.06. The van der Waals surface area contributed by atoms with Crippen molar-refractivity contribution in [1.82, 2.24) is 0 Å². The van der Waals surface area contributed by atoms with Crippen LogP contribution in [0.4, 0.5) is 0 Å². The monoisotopic (exact) mass is 355 g/mol.